The van der Waals surface area contributed by atoms with E-state index in [1.165, 1.54) is 24.0 Å². The SMILES string of the molecule is Cc1ccc(CN2CCCC(c3nnc(Cn4ccnc4C)n3C)C2)cc1. The van der Waals surface area contributed by atoms with Crippen LogP contribution < -0.4 is 0 Å². The minimum Gasteiger partial charge on any atom is -0.328 e. The number of rotatable bonds is 5. The van der Waals surface area contributed by atoms with E-state index in [-0.39, 0.29) is 0 Å². The van der Waals surface area contributed by atoms with Crippen LogP contribution in [-0.4, -0.2) is 42.3 Å². The van der Waals surface area contributed by atoms with Gasteiger partial charge in [0.25, 0.3) is 0 Å². The van der Waals surface area contributed by atoms with Crippen LogP contribution in [0.4, 0.5) is 0 Å². The van der Waals surface area contributed by atoms with Gasteiger partial charge in [-0.1, -0.05) is 29.8 Å². The van der Waals surface area contributed by atoms with Crippen LogP contribution >= 0.6 is 0 Å². The fourth-order valence-electron chi connectivity index (χ4n) is 3.95. The van der Waals surface area contributed by atoms with Crippen LogP contribution in [0.1, 0.15) is 47.4 Å². The first-order valence-electron chi connectivity index (χ1n) is 9.74. The zero-order valence-corrected chi connectivity index (χ0v) is 16.5. The zero-order valence-electron chi connectivity index (χ0n) is 16.5. The van der Waals surface area contributed by atoms with E-state index in [9.17, 15) is 0 Å². The van der Waals surface area contributed by atoms with Crippen molar-refractivity contribution in [2.24, 2.45) is 7.05 Å². The Bertz CT molecular complexity index is 892. The van der Waals surface area contributed by atoms with E-state index in [1.807, 2.05) is 19.3 Å². The Hall–Kier alpha value is -2.47. The van der Waals surface area contributed by atoms with Crippen molar-refractivity contribution in [1.29, 1.82) is 0 Å². The van der Waals surface area contributed by atoms with Crippen LogP contribution in [0.5, 0.6) is 0 Å². The fourth-order valence-corrected chi connectivity index (χ4v) is 3.95. The molecule has 27 heavy (non-hydrogen) atoms. The number of aromatic nitrogens is 5. The molecule has 2 aromatic heterocycles. The molecule has 0 radical (unpaired) electrons. The zero-order chi connectivity index (χ0) is 18.8. The van der Waals surface area contributed by atoms with Crippen LogP contribution in [0.2, 0.25) is 0 Å². The molecule has 1 atom stereocenters. The van der Waals surface area contributed by atoms with Gasteiger partial charge in [-0.2, -0.15) is 0 Å². The second-order valence-corrected chi connectivity index (χ2v) is 7.70. The molecule has 0 bridgehead atoms. The number of likely N-dealkylation sites (tertiary alicyclic amines) is 1. The monoisotopic (exact) mass is 364 g/mol. The third-order valence-electron chi connectivity index (χ3n) is 5.63. The Balaban J connectivity index is 1.45. The van der Waals surface area contributed by atoms with E-state index in [4.69, 9.17) is 0 Å². The highest BCUT2D eigenvalue weighted by atomic mass is 15.3. The van der Waals surface area contributed by atoms with Crippen molar-refractivity contribution in [3.8, 4) is 0 Å². The number of nitrogens with zero attached hydrogens (tertiary/aromatic N) is 6. The molecule has 1 aliphatic rings. The predicted octanol–water partition coefficient (Wildman–Crippen LogP) is 3.06. The van der Waals surface area contributed by atoms with E-state index in [0.717, 1.165) is 43.7 Å². The number of aryl methyl sites for hydroxylation is 2. The lowest BCUT2D eigenvalue weighted by atomic mass is 9.96. The average molecular weight is 364 g/mol. The summed E-state index contributed by atoms with van der Waals surface area (Å²) < 4.78 is 4.29. The van der Waals surface area contributed by atoms with Crippen molar-refractivity contribution in [3.05, 3.63) is 65.3 Å². The van der Waals surface area contributed by atoms with Gasteiger partial charge in [0.15, 0.2) is 5.82 Å². The second-order valence-electron chi connectivity index (χ2n) is 7.70. The number of hydrogen-bond donors (Lipinski definition) is 0. The van der Waals surface area contributed by atoms with E-state index >= 15 is 0 Å². The molecule has 6 heteroatoms. The minimum atomic E-state index is 0.444. The van der Waals surface area contributed by atoms with Gasteiger partial charge in [-0.05, 0) is 38.8 Å². The van der Waals surface area contributed by atoms with Gasteiger partial charge in [0, 0.05) is 38.4 Å². The van der Waals surface area contributed by atoms with Crippen molar-refractivity contribution in [2.75, 3.05) is 13.1 Å². The summed E-state index contributed by atoms with van der Waals surface area (Å²) in [4.78, 5) is 6.84. The highest BCUT2D eigenvalue weighted by molar-refractivity contribution is 5.21. The molecular weight excluding hydrogens is 336 g/mol. The second kappa shape index (κ2) is 7.64. The Kier molecular flexibility index (Phi) is 5.07. The maximum atomic E-state index is 4.56. The van der Waals surface area contributed by atoms with Gasteiger partial charge in [0.1, 0.15) is 11.6 Å². The van der Waals surface area contributed by atoms with E-state index < -0.39 is 0 Å². The molecule has 1 saturated heterocycles. The molecule has 1 fully saturated rings. The van der Waals surface area contributed by atoms with E-state index in [1.54, 1.807) is 0 Å². The standard InChI is InChI=1S/C21H28N6/c1-16-6-8-18(9-7-16)13-26-11-4-5-19(14-26)21-24-23-20(25(21)3)15-27-12-10-22-17(27)2/h6-10,12,19H,4-5,11,13-15H2,1-3H3. The number of benzene rings is 1. The lowest BCUT2D eigenvalue weighted by Crippen LogP contribution is -2.34. The molecule has 1 aromatic carbocycles. The quantitative estimate of drug-likeness (QED) is 0.698. The van der Waals surface area contributed by atoms with Crippen molar-refractivity contribution in [1.82, 2.24) is 29.2 Å². The summed E-state index contributed by atoms with van der Waals surface area (Å²) in [5.74, 6) is 3.54. The summed E-state index contributed by atoms with van der Waals surface area (Å²) >= 11 is 0. The molecule has 0 saturated carbocycles. The molecule has 1 aliphatic heterocycles. The lowest BCUT2D eigenvalue weighted by molar-refractivity contribution is 0.195. The Morgan fingerprint density at radius 1 is 1.07 bits per heavy atom. The summed E-state index contributed by atoms with van der Waals surface area (Å²) in [5, 5.41) is 9.03. The summed E-state index contributed by atoms with van der Waals surface area (Å²) in [7, 11) is 2.09. The summed E-state index contributed by atoms with van der Waals surface area (Å²) in [5.41, 5.74) is 2.70. The van der Waals surface area contributed by atoms with E-state index in [2.05, 4.69) is 67.5 Å². The normalized spacial score (nSPS) is 18.1. The lowest BCUT2D eigenvalue weighted by Gasteiger charge is -2.32. The minimum absolute atomic E-state index is 0.444. The van der Waals surface area contributed by atoms with Crippen LogP contribution in [-0.2, 0) is 20.1 Å². The molecule has 1 unspecified atom stereocenters. The van der Waals surface area contributed by atoms with Crippen molar-refractivity contribution >= 4 is 0 Å². The number of piperidine rings is 1. The van der Waals surface area contributed by atoms with E-state index in [0.29, 0.717) is 5.92 Å². The van der Waals surface area contributed by atoms with Gasteiger partial charge in [0.2, 0.25) is 0 Å². The smallest absolute Gasteiger partial charge is 0.152 e. The first-order valence-corrected chi connectivity index (χ1v) is 9.74. The predicted molar refractivity (Wildman–Crippen MR) is 106 cm³/mol. The van der Waals surface area contributed by atoms with Gasteiger partial charge in [-0.25, -0.2) is 4.98 Å². The topological polar surface area (TPSA) is 51.8 Å². The molecule has 3 aromatic rings. The van der Waals surface area contributed by atoms with Crippen LogP contribution in [0.25, 0.3) is 0 Å². The van der Waals surface area contributed by atoms with Crippen LogP contribution in [0.3, 0.4) is 0 Å². The molecule has 0 N–H and O–H groups in total. The van der Waals surface area contributed by atoms with Gasteiger partial charge >= 0.3 is 0 Å². The molecule has 4 rings (SSSR count). The van der Waals surface area contributed by atoms with Gasteiger partial charge in [0.05, 0.1) is 6.54 Å². The number of imidazole rings is 1. The van der Waals surface area contributed by atoms with Crippen LogP contribution in [0, 0.1) is 13.8 Å². The van der Waals surface area contributed by atoms with Gasteiger partial charge in [-0.3, -0.25) is 4.90 Å². The Labute approximate surface area is 160 Å². The van der Waals surface area contributed by atoms with Crippen molar-refractivity contribution in [2.45, 2.75) is 45.7 Å². The fraction of sp³-hybridized carbons (Fsp3) is 0.476. The molecule has 0 spiro atoms. The van der Waals surface area contributed by atoms with Crippen molar-refractivity contribution < 1.29 is 0 Å². The summed E-state index contributed by atoms with van der Waals surface area (Å²) in [6.07, 6.45) is 6.21. The Morgan fingerprint density at radius 2 is 1.89 bits per heavy atom. The average Bonchev–Trinajstić information content (AvgIpc) is 3.24. The third-order valence-corrected chi connectivity index (χ3v) is 5.63. The molecular formula is C21H28N6. The highest BCUT2D eigenvalue weighted by Crippen LogP contribution is 2.27. The molecule has 142 valence electrons. The molecule has 3 heterocycles. The maximum Gasteiger partial charge on any atom is 0.152 e. The largest absolute Gasteiger partial charge is 0.328 e. The summed E-state index contributed by atoms with van der Waals surface area (Å²) in [6.45, 7) is 8.08. The molecule has 6 nitrogen and oxygen atoms in total. The highest BCUT2D eigenvalue weighted by Gasteiger charge is 2.26. The number of hydrogen-bond acceptors (Lipinski definition) is 4. The first-order chi connectivity index (χ1) is 13.1. The van der Waals surface area contributed by atoms with Crippen LogP contribution in [0.15, 0.2) is 36.7 Å². The van der Waals surface area contributed by atoms with Crippen molar-refractivity contribution in [3.63, 3.8) is 0 Å². The van der Waals surface area contributed by atoms with Gasteiger partial charge in [-0.15, -0.1) is 10.2 Å². The third kappa shape index (κ3) is 3.95. The first kappa shape index (κ1) is 17.9. The molecule has 0 aliphatic carbocycles. The summed E-state index contributed by atoms with van der Waals surface area (Å²) in [6, 6.07) is 8.88. The van der Waals surface area contributed by atoms with Gasteiger partial charge < -0.3 is 9.13 Å². The maximum absolute atomic E-state index is 4.56. The Morgan fingerprint density at radius 3 is 2.63 bits per heavy atom. The molecule has 0 amide bonds.